The number of hydrogen-bond donors (Lipinski definition) is 1. The second-order valence-electron chi connectivity index (χ2n) is 8.89. The number of sulfonamides is 1. The number of carbonyl (C=O) groups is 1. The van der Waals surface area contributed by atoms with Gasteiger partial charge < -0.3 is 4.90 Å². The van der Waals surface area contributed by atoms with Gasteiger partial charge in [0.1, 0.15) is 0 Å². The number of amides is 1. The Balaban J connectivity index is 2.05. The fourth-order valence-corrected chi connectivity index (χ4v) is 5.07. The molecule has 0 saturated heterocycles. The minimum atomic E-state index is -3.87. The fourth-order valence-electron chi connectivity index (χ4n) is 4.51. The van der Waals surface area contributed by atoms with Crippen LogP contribution in [-0.2, 0) is 21.9 Å². The van der Waals surface area contributed by atoms with Gasteiger partial charge in [-0.2, -0.15) is 0 Å². The Morgan fingerprint density at radius 1 is 1.10 bits per heavy atom. The number of hydrogen-bond acceptors (Lipinski definition) is 3. The summed E-state index contributed by atoms with van der Waals surface area (Å²) in [5.41, 5.74) is 2.59. The van der Waals surface area contributed by atoms with Gasteiger partial charge >= 0.3 is 0 Å². The second kappa shape index (κ2) is 7.26. The smallest absolute Gasteiger partial charge is 0.254 e. The van der Waals surface area contributed by atoms with Crippen molar-refractivity contribution in [1.82, 2.24) is 4.90 Å². The van der Waals surface area contributed by atoms with Crippen molar-refractivity contribution in [2.75, 3.05) is 6.54 Å². The minimum Gasteiger partial charge on any atom is -0.335 e. The lowest BCUT2D eigenvalue weighted by Gasteiger charge is -2.55. The van der Waals surface area contributed by atoms with Crippen molar-refractivity contribution in [3.8, 4) is 0 Å². The van der Waals surface area contributed by atoms with Crippen LogP contribution in [0, 0.1) is 5.41 Å². The van der Waals surface area contributed by atoms with Crippen LogP contribution >= 0.6 is 0 Å². The molecule has 5 nitrogen and oxygen atoms in total. The monoisotopic (exact) mass is 414 g/mol. The number of carbonyl (C=O) groups excluding carboxylic acids is 1. The number of primary sulfonamides is 1. The van der Waals surface area contributed by atoms with Gasteiger partial charge in [0.15, 0.2) is 0 Å². The van der Waals surface area contributed by atoms with Crippen LogP contribution in [0.5, 0.6) is 0 Å². The first-order valence-electron chi connectivity index (χ1n) is 9.93. The normalized spacial score (nSPS) is 20.0. The maximum Gasteiger partial charge on any atom is 0.254 e. The average molecular weight is 415 g/mol. The summed E-state index contributed by atoms with van der Waals surface area (Å²) in [5.74, 6) is -0.175. The topological polar surface area (TPSA) is 80.5 Å². The van der Waals surface area contributed by atoms with E-state index in [9.17, 15) is 13.2 Å². The first-order chi connectivity index (χ1) is 13.4. The van der Waals surface area contributed by atoms with Crippen molar-refractivity contribution in [3.63, 3.8) is 0 Å². The van der Waals surface area contributed by atoms with E-state index >= 15 is 0 Å². The van der Waals surface area contributed by atoms with E-state index in [-0.39, 0.29) is 27.7 Å². The lowest BCUT2D eigenvalue weighted by atomic mass is 9.55. The van der Waals surface area contributed by atoms with Crippen LogP contribution < -0.4 is 5.14 Å². The van der Waals surface area contributed by atoms with Gasteiger partial charge in [0.2, 0.25) is 10.0 Å². The quantitative estimate of drug-likeness (QED) is 0.828. The first-order valence-corrected chi connectivity index (χ1v) is 11.5. The molecule has 3 rings (SSSR count). The Morgan fingerprint density at radius 2 is 1.76 bits per heavy atom. The van der Waals surface area contributed by atoms with E-state index in [1.807, 2.05) is 17.9 Å². The number of fused-ring (bicyclic) bond motifs is 1. The highest BCUT2D eigenvalue weighted by molar-refractivity contribution is 7.89. The van der Waals surface area contributed by atoms with Crippen LogP contribution in [-0.4, -0.2) is 31.8 Å². The molecule has 0 spiro atoms. The van der Waals surface area contributed by atoms with Gasteiger partial charge in [-0.1, -0.05) is 58.0 Å². The molecule has 0 bridgehead atoms. The van der Waals surface area contributed by atoms with Crippen LogP contribution in [0.25, 0.3) is 0 Å². The van der Waals surface area contributed by atoms with Crippen LogP contribution in [0.3, 0.4) is 0 Å². The number of nitrogens with two attached hydrogens (primary N) is 1. The van der Waals surface area contributed by atoms with Crippen LogP contribution in [0.4, 0.5) is 0 Å². The lowest BCUT2D eigenvalue weighted by molar-refractivity contribution is 0.0214. The van der Waals surface area contributed by atoms with Crippen LogP contribution in [0.2, 0.25) is 0 Å². The van der Waals surface area contributed by atoms with Gasteiger partial charge in [-0.25, -0.2) is 13.6 Å². The summed E-state index contributed by atoms with van der Waals surface area (Å²) in [7, 11) is -3.87. The van der Waals surface area contributed by atoms with E-state index in [2.05, 4.69) is 45.9 Å². The van der Waals surface area contributed by atoms with Crippen molar-refractivity contribution in [1.29, 1.82) is 0 Å². The maximum absolute atomic E-state index is 13.5. The van der Waals surface area contributed by atoms with Gasteiger partial charge in [0, 0.05) is 18.2 Å². The molecule has 0 heterocycles. The molecular weight excluding hydrogens is 384 g/mol. The Hall–Kier alpha value is -2.18. The number of likely N-dealkylation sites (N-methyl/N-ethyl adjacent to an activating group) is 1. The highest BCUT2D eigenvalue weighted by Gasteiger charge is 2.51. The predicted octanol–water partition coefficient (Wildman–Crippen LogP) is 3.72. The highest BCUT2D eigenvalue weighted by Crippen LogP contribution is 2.51. The molecule has 6 heteroatoms. The molecule has 29 heavy (non-hydrogen) atoms. The third kappa shape index (κ3) is 3.60. The molecule has 1 atom stereocenters. The Bertz CT molecular complexity index is 1040. The fraction of sp³-hybridized carbons (Fsp3) is 0.435. The first kappa shape index (κ1) is 21.5. The highest BCUT2D eigenvalue weighted by atomic mass is 32.2. The van der Waals surface area contributed by atoms with Crippen molar-refractivity contribution >= 4 is 15.9 Å². The van der Waals surface area contributed by atoms with E-state index < -0.39 is 10.0 Å². The molecule has 0 radical (unpaired) electrons. The summed E-state index contributed by atoms with van der Waals surface area (Å²) >= 11 is 0. The molecule has 1 amide bonds. The Labute approximate surface area is 174 Å². The van der Waals surface area contributed by atoms with E-state index in [1.54, 1.807) is 12.1 Å². The summed E-state index contributed by atoms with van der Waals surface area (Å²) in [6, 6.07) is 14.4. The summed E-state index contributed by atoms with van der Waals surface area (Å²) in [4.78, 5) is 15.3. The SMILES string of the molecule is CCN(C(=O)c1cccc(S(N)(=O)=O)c1)[C@@H]1Cc2ccccc2C(C)(C)C1(C)C. The van der Waals surface area contributed by atoms with Crippen LogP contribution in [0.15, 0.2) is 53.4 Å². The molecule has 1 aliphatic carbocycles. The summed E-state index contributed by atoms with van der Waals surface area (Å²) in [5, 5.41) is 5.26. The summed E-state index contributed by atoms with van der Waals surface area (Å²) in [6.07, 6.45) is 0.765. The molecule has 0 aliphatic heterocycles. The van der Waals surface area contributed by atoms with Gasteiger partial charge in [-0.05, 0) is 53.5 Å². The number of benzene rings is 2. The third-order valence-corrected chi connectivity index (χ3v) is 7.85. The van der Waals surface area contributed by atoms with Crippen molar-refractivity contribution in [2.24, 2.45) is 10.6 Å². The van der Waals surface area contributed by atoms with Gasteiger partial charge in [0.05, 0.1) is 4.90 Å². The second-order valence-corrected chi connectivity index (χ2v) is 10.4. The zero-order valence-electron chi connectivity index (χ0n) is 17.8. The maximum atomic E-state index is 13.5. The van der Waals surface area contributed by atoms with Gasteiger partial charge in [0.25, 0.3) is 5.91 Å². The predicted molar refractivity (Wildman–Crippen MR) is 115 cm³/mol. The Morgan fingerprint density at radius 3 is 2.38 bits per heavy atom. The van der Waals surface area contributed by atoms with Crippen molar-refractivity contribution < 1.29 is 13.2 Å². The standard InChI is InChI=1S/C23H30N2O3S/c1-6-25(21(26)17-11-9-12-18(14-17)29(24,27)28)20-15-16-10-7-8-13-19(16)22(2,3)23(20,4)5/h7-14,20H,6,15H2,1-5H3,(H2,24,27,28)/t20-/m1/s1. The van der Waals surface area contributed by atoms with E-state index in [4.69, 9.17) is 5.14 Å². The summed E-state index contributed by atoms with van der Waals surface area (Å²) < 4.78 is 23.5. The van der Waals surface area contributed by atoms with Crippen LogP contribution in [0.1, 0.15) is 56.1 Å². The molecule has 0 fully saturated rings. The summed E-state index contributed by atoms with van der Waals surface area (Å²) in [6.45, 7) is 11.4. The molecule has 1 aliphatic rings. The molecule has 156 valence electrons. The van der Waals surface area contributed by atoms with Gasteiger partial charge in [-0.3, -0.25) is 4.79 Å². The largest absolute Gasteiger partial charge is 0.335 e. The number of rotatable bonds is 4. The van der Waals surface area contributed by atoms with E-state index in [0.717, 1.165) is 6.42 Å². The molecule has 0 saturated carbocycles. The van der Waals surface area contributed by atoms with Crippen molar-refractivity contribution in [3.05, 3.63) is 65.2 Å². The zero-order valence-corrected chi connectivity index (χ0v) is 18.6. The zero-order chi connectivity index (χ0) is 21.6. The average Bonchev–Trinajstić information content (AvgIpc) is 2.66. The molecule has 2 N–H and O–H groups in total. The molecule has 0 unspecified atom stereocenters. The molecule has 2 aromatic rings. The van der Waals surface area contributed by atoms with E-state index in [1.165, 1.54) is 23.3 Å². The number of nitrogens with zero attached hydrogens (tertiary/aromatic N) is 1. The van der Waals surface area contributed by atoms with Crippen molar-refractivity contribution in [2.45, 2.75) is 57.4 Å². The third-order valence-electron chi connectivity index (χ3n) is 6.94. The Kier molecular flexibility index (Phi) is 5.39. The van der Waals surface area contributed by atoms with E-state index in [0.29, 0.717) is 12.1 Å². The minimum absolute atomic E-state index is 0.0250. The van der Waals surface area contributed by atoms with Gasteiger partial charge in [-0.15, -0.1) is 0 Å². The molecule has 2 aromatic carbocycles. The molecular formula is C23H30N2O3S. The molecule has 0 aromatic heterocycles. The lowest BCUT2D eigenvalue weighted by Crippen LogP contribution is -2.58.